The maximum absolute atomic E-state index is 12.8. The summed E-state index contributed by atoms with van der Waals surface area (Å²) in [4.78, 5) is 17.5. The van der Waals surface area contributed by atoms with E-state index in [-0.39, 0.29) is 29.2 Å². The fraction of sp³-hybridized carbons (Fsp3) is 0.545. The van der Waals surface area contributed by atoms with Gasteiger partial charge in [-0.2, -0.15) is 4.31 Å². The van der Waals surface area contributed by atoms with E-state index in [4.69, 9.17) is 23.2 Å². The normalized spacial score (nSPS) is 26.7. The molecule has 1 N–H and O–H groups in total. The van der Waals surface area contributed by atoms with Gasteiger partial charge in [-0.15, -0.1) is 0 Å². The predicted octanol–water partition coefficient (Wildman–Crippen LogP) is 4.33. The molecule has 0 radical (unpaired) electrons. The van der Waals surface area contributed by atoms with Crippen molar-refractivity contribution in [3.8, 4) is 0 Å². The number of carbonyl (C=O) groups is 1. The lowest BCUT2D eigenvalue weighted by atomic mass is 9.69. The number of halogens is 2. The molecule has 1 fully saturated rings. The third-order valence-electron chi connectivity index (χ3n) is 6.17. The third-order valence-corrected chi connectivity index (χ3v) is 8.90. The minimum absolute atomic E-state index is 0.0167. The number of carbonyl (C=O) groups excluding carboxylic acids is 1. The lowest BCUT2D eigenvalue weighted by Gasteiger charge is -2.48. The number of allylic oxidation sites excluding steroid dienone is 1. The molecule has 1 amide bonds. The maximum Gasteiger partial charge on any atom is 0.252 e. The molecule has 1 aromatic rings. The third kappa shape index (κ3) is 5.51. The lowest BCUT2D eigenvalue weighted by Crippen LogP contribution is -2.56. The average Bonchev–Trinajstić information content (AvgIpc) is 2.72. The van der Waals surface area contributed by atoms with Crippen LogP contribution < -0.4 is 5.32 Å². The molecule has 0 aliphatic carbocycles. The van der Waals surface area contributed by atoms with Crippen molar-refractivity contribution in [1.82, 2.24) is 9.62 Å². The Morgan fingerprint density at radius 1 is 1.35 bits per heavy atom. The predicted molar refractivity (Wildman–Crippen MR) is 127 cm³/mol. The number of hydrogen-bond acceptors (Lipinski definition) is 4. The zero-order valence-electron chi connectivity index (χ0n) is 17.9. The SMILES string of the molecule is CCCS(=O)(=O)N1CC[C@](CNC(=O)c2ccc(Cl)cc2Cl)(C2CC=CC=N2)C[C@H]1C. The molecule has 6 nitrogen and oxygen atoms in total. The van der Waals surface area contributed by atoms with E-state index in [1.807, 2.05) is 19.9 Å². The van der Waals surface area contributed by atoms with Gasteiger partial charge in [0.15, 0.2) is 0 Å². The second kappa shape index (κ2) is 10.0. The van der Waals surface area contributed by atoms with Crippen LogP contribution in [0.2, 0.25) is 10.0 Å². The second-order valence-electron chi connectivity index (χ2n) is 8.38. The van der Waals surface area contributed by atoms with Gasteiger partial charge in [0.2, 0.25) is 10.0 Å². The molecule has 1 unspecified atom stereocenters. The summed E-state index contributed by atoms with van der Waals surface area (Å²) in [5.74, 6) is -0.120. The topological polar surface area (TPSA) is 78.8 Å². The van der Waals surface area contributed by atoms with Crippen LogP contribution in [0.15, 0.2) is 35.3 Å². The summed E-state index contributed by atoms with van der Waals surface area (Å²) in [6.07, 6.45) is 8.39. The Balaban J connectivity index is 1.80. The number of dihydropyridines is 1. The van der Waals surface area contributed by atoms with Crippen LogP contribution in [-0.4, -0.2) is 55.8 Å². The molecule has 0 aromatic heterocycles. The Kier molecular flexibility index (Phi) is 7.84. The average molecular weight is 486 g/mol. The summed E-state index contributed by atoms with van der Waals surface area (Å²) in [6.45, 7) is 4.64. The van der Waals surface area contributed by atoms with E-state index in [0.717, 1.165) is 6.42 Å². The number of amides is 1. The number of sulfonamides is 1. The molecule has 170 valence electrons. The second-order valence-corrected chi connectivity index (χ2v) is 11.3. The van der Waals surface area contributed by atoms with Gasteiger partial charge >= 0.3 is 0 Å². The standard InChI is InChI=1S/C22H29Cl2N3O3S/c1-3-12-31(29,30)27-11-9-22(14-16(27)2,20-6-4-5-10-25-20)15-26-21(28)18-8-7-17(23)13-19(18)24/h4-5,7-8,10,13,16,20H,3,6,9,11-12,14-15H2,1-2H3,(H,26,28)/t16-,20?,22+/m1/s1. The van der Waals surface area contributed by atoms with Gasteiger partial charge in [-0.1, -0.05) is 36.2 Å². The highest BCUT2D eigenvalue weighted by Gasteiger charge is 2.46. The molecule has 2 heterocycles. The maximum atomic E-state index is 12.8. The molecule has 31 heavy (non-hydrogen) atoms. The van der Waals surface area contributed by atoms with E-state index in [1.165, 1.54) is 0 Å². The Hall–Kier alpha value is -1.41. The molecule has 1 aromatic carbocycles. The van der Waals surface area contributed by atoms with Crippen molar-refractivity contribution in [2.24, 2.45) is 10.4 Å². The summed E-state index contributed by atoms with van der Waals surface area (Å²) in [7, 11) is -3.28. The molecular formula is C22H29Cl2N3O3S. The van der Waals surface area contributed by atoms with Gasteiger partial charge in [0, 0.05) is 35.8 Å². The van der Waals surface area contributed by atoms with Crippen LogP contribution in [0.3, 0.4) is 0 Å². The van der Waals surface area contributed by atoms with Crippen LogP contribution in [0.5, 0.6) is 0 Å². The van der Waals surface area contributed by atoms with Crippen LogP contribution in [0, 0.1) is 5.41 Å². The number of rotatable bonds is 7. The van der Waals surface area contributed by atoms with E-state index >= 15 is 0 Å². The van der Waals surface area contributed by atoms with Crippen LogP contribution in [-0.2, 0) is 10.0 Å². The van der Waals surface area contributed by atoms with Crippen molar-refractivity contribution in [3.63, 3.8) is 0 Å². The summed E-state index contributed by atoms with van der Waals surface area (Å²) in [5.41, 5.74) is 0.0253. The number of benzene rings is 1. The van der Waals surface area contributed by atoms with E-state index < -0.39 is 10.0 Å². The molecule has 1 saturated heterocycles. The molecule has 3 atom stereocenters. The number of piperidine rings is 1. The van der Waals surface area contributed by atoms with Crippen molar-refractivity contribution in [2.75, 3.05) is 18.8 Å². The first-order chi connectivity index (χ1) is 14.7. The summed E-state index contributed by atoms with van der Waals surface area (Å²) in [6, 6.07) is 4.60. The smallest absolute Gasteiger partial charge is 0.252 e. The minimum atomic E-state index is -3.28. The van der Waals surface area contributed by atoms with E-state index in [2.05, 4.69) is 16.4 Å². The highest BCUT2D eigenvalue weighted by Crippen LogP contribution is 2.42. The fourth-order valence-corrected chi connectivity index (χ4v) is 6.87. The van der Waals surface area contributed by atoms with Crippen molar-refractivity contribution >= 4 is 45.3 Å². The van der Waals surface area contributed by atoms with Crippen LogP contribution in [0.1, 0.15) is 49.9 Å². The molecule has 0 spiro atoms. The summed E-state index contributed by atoms with van der Waals surface area (Å²) in [5, 5.41) is 3.80. The van der Waals surface area contributed by atoms with E-state index in [9.17, 15) is 13.2 Å². The van der Waals surface area contributed by atoms with E-state index in [1.54, 1.807) is 28.7 Å². The van der Waals surface area contributed by atoms with Crippen molar-refractivity contribution < 1.29 is 13.2 Å². The van der Waals surface area contributed by atoms with Gasteiger partial charge in [0.25, 0.3) is 5.91 Å². The van der Waals surface area contributed by atoms with Gasteiger partial charge in [-0.25, -0.2) is 8.42 Å². The van der Waals surface area contributed by atoms with Crippen molar-refractivity contribution in [2.45, 2.75) is 51.6 Å². The van der Waals surface area contributed by atoms with Gasteiger partial charge < -0.3 is 5.32 Å². The Morgan fingerprint density at radius 3 is 2.74 bits per heavy atom. The molecule has 3 rings (SSSR count). The first kappa shape index (κ1) is 24.2. The first-order valence-corrected chi connectivity index (χ1v) is 13.0. The molecule has 0 saturated carbocycles. The largest absolute Gasteiger partial charge is 0.351 e. The molecular weight excluding hydrogens is 457 g/mol. The lowest BCUT2D eigenvalue weighted by molar-refractivity contribution is 0.0727. The molecule has 9 heteroatoms. The Bertz CT molecular complexity index is 980. The van der Waals surface area contributed by atoms with Crippen LogP contribution in [0.25, 0.3) is 0 Å². The van der Waals surface area contributed by atoms with Crippen molar-refractivity contribution in [1.29, 1.82) is 0 Å². The van der Waals surface area contributed by atoms with Crippen molar-refractivity contribution in [3.05, 3.63) is 46.0 Å². The monoisotopic (exact) mass is 485 g/mol. The van der Waals surface area contributed by atoms with Crippen LogP contribution in [0.4, 0.5) is 0 Å². The van der Waals surface area contributed by atoms with Crippen LogP contribution >= 0.6 is 23.2 Å². The number of nitrogens with zero attached hydrogens (tertiary/aromatic N) is 2. The number of hydrogen-bond donors (Lipinski definition) is 1. The fourth-order valence-electron chi connectivity index (χ4n) is 4.63. The highest BCUT2D eigenvalue weighted by molar-refractivity contribution is 7.89. The summed E-state index contributed by atoms with van der Waals surface area (Å²) < 4.78 is 27.0. The number of nitrogens with one attached hydrogen (secondary N) is 1. The minimum Gasteiger partial charge on any atom is -0.351 e. The van der Waals surface area contributed by atoms with Gasteiger partial charge in [-0.05, 0) is 56.9 Å². The summed E-state index contributed by atoms with van der Waals surface area (Å²) >= 11 is 12.1. The zero-order chi connectivity index (χ0) is 22.6. The Labute approximate surface area is 194 Å². The van der Waals surface area contributed by atoms with E-state index in [0.29, 0.717) is 48.0 Å². The quantitative estimate of drug-likeness (QED) is 0.623. The zero-order valence-corrected chi connectivity index (χ0v) is 20.2. The van der Waals surface area contributed by atoms with Gasteiger partial charge in [-0.3, -0.25) is 9.79 Å². The molecule has 2 aliphatic heterocycles. The highest BCUT2D eigenvalue weighted by atomic mass is 35.5. The van der Waals surface area contributed by atoms with Gasteiger partial charge in [0.05, 0.1) is 22.4 Å². The Morgan fingerprint density at radius 2 is 2.13 bits per heavy atom. The van der Waals surface area contributed by atoms with Gasteiger partial charge in [0.1, 0.15) is 0 Å². The molecule has 0 bridgehead atoms. The first-order valence-electron chi connectivity index (χ1n) is 10.6. The molecule has 2 aliphatic rings. The number of aliphatic imine (C=N–C) groups is 1.